The molecule has 0 aliphatic rings. The first-order valence-corrected chi connectivity index (χ1v) is 9.39. The van der Waals surface area contributed by atoms with Gasteiger partial charge in [-0.1, -0.05) is 52.8 Å². The summed E-state index contributed by atoms with van der Waals surface area (Å²) in [5.41, 5.74) is 2.45. The normalized spacial score (nSPS) is 11.7. The Labute approximate surface area is 165 Å². The zero-order valence-corrected chi connectivity index (χ0v) is 16.3. The molecule has 138 valence electrons. The van der Waals surface area contributed by atoms with Crippen LogP contribution >= 0.6 is 22.9 Å². The summed E-state index contributed by atoms with van der Waals surface area (Å²) in [6.45, 7) is 3.60. The Kier molecular flexibility index (Phi) is 5.83. The van der Waals surface area contributed by atoms with E-state index in [-0.39, 0.29) is 11.8 Å². The van der Waals surface area contributed by atoms with Gasteiger partial charge in [0.2, 0.25) is 11.0 Å². The van der Waals surface area contributed by atoms with E-state index in [2.05, 4.69) is 20.8 Å². The highest BCUT2D eigenvalue weighted by Gasteiger charge is 2.18. The molecule has 2 aromatic carbocycles. The Morgan fingerprint density at radius 2 is 1.89 bits per heavy atom. The largest absolute Gasteiger partial charge is 0.341 e. The van der Waals surface area contributed by atoms with Crippen LogP contribution in [-0.2, 0) is 4.79 Å². The van der Waals surface area contributed by atoms with E-state index < -0.39 is 6.04 Å². The summed E-state index contributed by atoms with van der Waals surface area (Å²) < 4.78 is 0. The fourth-order valence-corrected chi connectivity index (χ4v) is 3.29. The standard InChI is InChI=1S/C19H17ClN4O2S/c1-11-5-3-7-14(9-11)18-23-24-19(27-18)22-16(25)12(2)21-17(26)13-6-4-8-15(20)10-13/h3-10,12H,1-2H3,(H,21,26)(H,22,24,25)/t12-/m1/s1. The molecule has 3 rings (SSSR count). The Morgan fingerprint density at radius 1 is 1.11 bits per heavy atom. The summed E-state index contributed by atoms with van der Waals surface area (Å²) in [4.78, 5) is 24.5. The van der Waals surface area contributed by atoms with Crippen LogP contribution in [0.3, 0.4) is 0 Å². The Bertz CT molecular complexity index is 989. The fraction of sp³-hybridized carbons (Fsp3) is 0.158. The van der Waals surface area contributed by atoms with Crippen molar-refractivity contribution in [2.24, 2.45) is 0 Å². The Morgan fingerprint density at radius 3 is 2.63 bits per heavy atom. The van der Waals surface area contributed by atoms with E-state index in [9.17, 15) is 9.59 Å². The topological polar surface area (TPSA) is 84.0 Å². The van der Waals surface area contributed by atoms with Crippen LogP contribution in [-0.4, -0.2) is 28.1 Å². The van der Waals surface area contributed by atoms with Crippen molar-refractivity contribution in [2.45, 2.75) is 19.9 Å². The minimum Gasteiger partial charge on any atom is -0.341 e. The van der Waals surface area contributed by atoms with Gasteiger partial charge in [0.05, 0.1) is 0 Å². The third kappa shape index (κ3) is 4.90. The van der Waals surface area contributed by atoms with Gasteiger partial charge in [0.25, 0.3) is 5.91 Å². The molecule has 0 unspecified atom stereocenters. The molecule has 0 saturated carbocycles. The molecule has 0 bridgehead atoms. The lowest BCUT2D eigenvalue weighted by Gasteiger charge is -2.12. The predicted molar refractivity (Wildman–Crippen MR) is 107 cm³/mol. The van der Waals surface area contributed by atoms with Crippen LogP contribution in [0.15, 0.2) is 48.5 Å². The van der Waals surface area contributed by atoms with Crippen molar-refractivity contribution < 1.29 is 9.59 Å². The van der Waals surface area contributed by atoms with Crippen molar-refractivity contribution in [2.75, 3.05) is 5.32 Å². The number of hydrogen-bond donors (Lipinski definition) is 2. The molecule has 0 radical (unpaired) electrons. The van der Waals surface area contributed by atoms with Gasteiger partial charge in [0.1, 0.15) is 11.0 Å². The second-order valence-electron chi connectivity index (χ2n) is 5.98. The first-order chi connectivity index (χ1) is 12.9. The maximum atomic E-state index is 12.3. The van der Waals surface area contributed by atoms with E-state index in [4.69, 9.17) is 11.6 Å². The quantitative estimate of drug-likeness (QED) is 0.679. The van der Waals surface area contributed by atoms with Crippen molar-refractivity contribution in [3.05, 3.63) is 64.7 Å². The zero-order chi connectivity index (χ0) is 19.4. The summed E-state index contributed by atoms with van der Waals surface area (Å²) in [7, 11) is 0. The number of nitrogens with one attached hydrogen (secondary N) is 2. The van der Waals surface area contributed by atoms with E-state index in [1.54, 1.807) is 31.2 Å². The number of amides is 2. The number of halogens is 1. The van der Waals surface area contributed by atoms with Crippen LogP contribution in [0.2, 0.25) is 5.02 Å². The molecular weight excluding hydrogens is 384 g/mol. The maximum absolute atomic E-state index is 12.3. The average molecular weight is 401 g/mol. The number of benzene rings is 2. The van der Waals surface area contributed by atoms with E-state index in [1.807, 2.05) is 31.2 Å². The first kappa shape index (κ1) is 19.0. The average Bonchev–Trinajstić information content (AvgIpc) is 3.10. The second kappa shape index (κ2) is 8.28. The molecule has 2 amide bonds. The van der Waals surface area contributed by atoms with Crippen LogP contribution in [0.1, 0.15) is 22.8 Å². The molecule has 1 aromatic heterocycles. The minimum absolute atomic E-state index is 0.375. The van der Waals surface area contributed by atoms with Gasteiger partial charge in [-0.25, -0.2) is 0 Å². The van der Waals surface area contributed by atoms with Crippen LogP contribution < -0.4 is 10.6 Å². The number of anilines is 1. The third-order valence-corrected chi connectivity index (χ3v) is 4.87. The molecule has 6 nitrogen and oxygen atoms in total. The van der Waals surface area contributed by atoms with Gasteiger partial charge in [-0.2, -0.15) is 0 Å². The molecule has 8 heteroatoms. The highest BCUT2D eigenvalue weighted by Crippen LogP contribution is 2.26. The molecular formula is C19H17ClN4O2S. The van der Waals surface area contributed by atoms with Gasteiger partial charge >= 0.3 is 0 Å². The molecule has 2 N–H and O–H groups in total. The van der Waals surface area contributed by atoms with Crippen molar-refractivity contribution in [1.29, 1.82) is 0 Å². The van der Waals surface area contributed by atoms with Crippen LogP contribution in [0, 0.1) is 6.92 Å². The molecule has 0 fully saturated rings. The third-order valence-electron chi connectivity index (χ3n) is 3.75. The second-order valence-corrected chi connectivity index (χ2v) is 7.39. The van der Waals surface area contributed by atoms with Crippen molar-refractivity contribution >= 4 is 39.9 Å². The lowest BCUT2D eigenvalue weighted by Crippen LogP contribution is -2.41. The Balaban J connectivity index is 1.62. The summed E-state index contributed by atoms with van der Waals surface area (Å²) >= 11 is 7.16. The molecule has 0 saturated heterocycles. The fourth-order valence-electron chi connectivity index (χ4n) is 2.36. The molecule has 0 aliphatic heterocycles. The number of rotatable bonds is 5. The molecule has 0 aliphatic carbocycles. The predicted octanol–water partition coefficient (Wildman–Crippen LogP) is 3.92. The van der Waals surface area contributed by atoms with E-state index in [0.29, 0.717) is 20.7 Å². The lowest BCUT2D eigenvalue weighted by molar-refractivity contribution is -0.117. The summed E-state index contributed by atoms with van der Waals surface area (Å²) in [6.07, 6.45) is 0. The van der Waals surface area contributed by atoms with Crippen LogP contribution in [0.25, 0.3) is 10.6 Å². The number of nitrogens with zero attached hydrogens (tertiary/aromatic N) is 2. The summed E-state index contributed by atoms with van der Waals surface area (Å²) in [5, 5.41) is 15.0. The lowest BCUT2D eigenvalue weighted by atomic mass is 10.1. The smallest absolute Gasteiger partial charge is 0.251 e. The number of carbonyl (C=O) groups excluding carboxylic acids is 2. The van der Waals surface area contributed by atoms with E-state index in [1.165, 1.54) is 11.3 Å². The number of aryl methyl sites for hydroxylation is 1. The van der Waals surface area contributed by atoms with E-state index >= 15 is 0 Å². The summed E-state index contributed by atoms with van der Waals surface area (Å²) in [6, 6.07) is 13.7. The number of aromatic nitrogens is 2. The van der Waals surface area contributed by atoms with Gasteiger partial charge in [0.15, 0.2) is 0 Å². The number of hydrogen-bond acceptors (Lipinski definition) is 5. The molecule has 3 aromatic rings. The molecule has 27 heavy (non-hydrogen) atoms. The zero-order valence-electron chi connectivity index (χ0n) is 14.7. The highest BCUT2D eigenvalue weighted by atomic mass is 35.5. The van der Waals surface area contributed by atoms with Crippen molar-refractivity contribution in [3.63, 3.8) is 0 Å². The van der Waals surface area contributed by atoms with Crippen molar-refractivity contribution in [1.82, 2.24) is 15.5 Å². The van der Waals surface area contributed by atoms with E-state index in [0.717, 1.165) is 11.1 Å². The van der Waals surface area contributed by atoms with Crippen LogP contribution in [0.4, 0.5) is 5.13 Å². The molecule has 1 heterocycles. The van der Waals surface area contributed by atoms with Gasteiger partial charge in [-0.3, -0.25) is 14.9 Å². The maximum Gasteiger partial charge on any atom is 0.251 e. The SMILES string of the molecule is Cc1cccc(-c2nnc(NC(=O)[C@@H](C)NC(=O)c3cccc(Cl)c3)s2)c1. The first-order valence-electron chi connectivity index (χ1n) is 8.20. The van der Waals surface area contributed by atoms with Gasteiger partial charge in [0, 0.05) is 16.1 Å². The minimum atomic E-state index is -0.747. The molecule has 1 atom stereocenters. The molecule has 0 spiro atoms. The van der Waals surface area contributed by atoms with Crippen molar-refractivity contribution in [3.8, 4) is 10.6 Å². The highest BCUT2D eigenvalue weighted by molar-refractivity contribution is 7.18. The number of carbonyl (C=O) groups is 2. The summed E-state index contributed by atoms with van der Waals surface area (Å²) in [5.74, 6) is -0.754. The van der Waals surface area contributed by atoms with Gasteiger partial charge < -0.3 is 5.32 Å². The van der Waals surface area contributed by atoms with Gasteiger partial charge in [-0.05, 0) is 38.1 Å². The Hall–Kier alpha value is -2.77. The van der Waals surface area contributed by atoms with Crippen LogP contribution in [0.5, 0.6) is 0 Å². The van der Waals surface area contributed by atoms with Gasteiger partial charge in [-0.15, -0.1) is 10.2 Å². The monoisotopic (exact) mass is 400 g/mol.